The van der Waals surface area contributed by atoms with Crippen LogP contribution in [0.25, 0.3) is 0 Å². The predicted molar refractivity (Wildman–Crippen MR) is 179 cm³/mol. The van der Waals surface area contributed by atoms with Gasteiger partial charge < -0.3 is 10.2 Å². The third-order valence-corrected chi connectivity index (χ3v) is 9.41. The van der Waals surface area contributed by atoms with Gasteiger partial charge in [0.1, 0.15) is 12.6 Å². The van der Waals surface area contributed by atoms with Gasteiger partial charge in [0.2, 0.25) is 11.8 Å². The second kappa shape index (κ2) is 15.2. The topological polar surface area (TPSA) is 86.8 Å². The lowest BCUT2D eigenvalue weighted by Crippen LogP contribution is -2.53. The van der Waals surface area contributed by atoms with E-state index in [1.54, 1.807) is 54.6 Å². The van der Waals surface area contributed by atoms with Crippen LogP contribution in [0.5, 0.6) is 0 Å². The molecule has 9 heteroatoms. The summed E-state index contributed by atoms with van der Waals surface area (Å²) < 4.78 is 30.1. The van der Waals surface area contributed by atoms with E-state index >= 15 is 0 Å². The number of amides is 2. The summed E-state index contributed by atoms with van der Waals surface area (Å²) in [5.41, 5.74) is 2.96. The van der Waals surface area contributed by atoms with E-state index in [4.69, 9.17) is 0 Å². The van der Waals surface area contributed by atoms with E-state index in [2.05, 4.69) is 21.2 Å². The highest BCUT2D eigenvalue weighted by Gasteiger charge is 2.34. The quantitative estimate of drug-likeness (QED) is 0.179. The van der Waals surface area contributed by atoms with Gasteiger partial charge in [0.15, 0.2) is 0 Å². The maximum absolute atomic E-state index is 14.5. The van der Waals surface area contributed by atoms with Crippen LogP contribution in [0.15, 0.2) is 119 Å². The molecule has 1 unspecified atom stereocenters. The van der Waals surface area contributed by atoms with Crippen LogP contribution >= 0.6 is 15.9 Å². The van der Waals surface area contributed by atoms with Gasteiger partial charge in [-0.1, -0.05) is 108 Å². The number of aryl methyl sites for hydroxylation is 1. The number of rotatable bonds is 13. The fourth-order valence-electron chi connectivity index (χ4n) is 4.77. The molecule has 0 saturated carbocycles. The second-order valence-corrected chi connectivity index (χ2v) is 13.9. The molecule has 0 bridgehead atoms. The lowest BCUT2D eigenvalue weighted by Gasteiger charge is -2.34. The molecule has 4 aromatic carbocycles. The van der Waals surface area contributed by atoms with Gasteiger partial charge >= 0.3 is 0 Å². The zero-order valence-corrected chi connectivity index (χ0v) is 27.6. The monoisotopic (exact) mass is 675 g/mol. The zero-order valence-electron chi connectivity index (χ0n) is 25.2. The highest BCUT2D eigenvalue weighted by atomic mass is 79.9. The summed E-state index contributed by atoms with van der Waals surface area (Å²) in [4.78, 5) is 29.8. The van der Waals surface area contributed by atoms with Crippen LogP contribution in [0.3, 0.4) is 0 Å². The van der Waals surface area contributed by atoms with E-state index in [9.17, 15) is 18.0 Å². The van der Waals surface area contributed by atoms with Gasteiger partial charge in [-0.25, -0.2) is 8.42 Å². The van der Waals surface area contributed by atoms with Crippen molar-refractivity contribution in [2.45, 2.75) is 44.7 Å². The number of para-hydroxylation sites is 1. The Labute approximate surface area is 269 Å². The maximum atomic E-state index is 14.5. The van der Waals surface area contributed by atoms with Crippen molar-refractivity contribution in [2.75, 3.05) is 17.4 Å². The van der Waals surface area contributed by atoms with Gasteiger partial charge in [-0.15, -0.1) is 0 Å². The third-order valence-electron chi connectivity index (χ3n) is 7.13. The van der Waals surface area contributed by atoms with E-state index in [0.29, 0.717) is 12.2 Å². The van der Waals surface area contributed by atoms with Crippen molar-refractivity contribution in [1.82, 2.24) is 10.2 Å². The van der Waals surface area contributed by atoms with Gasteiger partial charge in [-0.3, -0.25) is 13.9 Å². The fourth-order valence-corrected chi connectivity index (χ4v) is 6.63. The number of carbonyl (C=O) groups excluding carboxylic acids is 2. The molecule has 0 saturated heterocycles. The number of hydrogen-bond acceptors (Lipinski definition) is 4. The standard InChI is InChI=1S/C35H38BrN3O4S/c1-26(2)23-37-35(41)33(22-28-11-6-4-7-12-28)38(24-29-13-10-14-30(36)21-29)34(40)25-39(31-15-8-5-9-16-31)44(42,43)32-19-17-27(3)18-20-32/h4-21,26,33H,22-25H2,1-3H3,(H,37,41). The molecule has 0 fully saturated rings. The first-order valence-electron chi connectivity index (χ1n) is 14.5. The molecular formula is C35H38BrN3O4S. The summed E-state index contributed by atoms with van der Waals surface area (Å²) in [6.45, 7) is 5.96. The Kier molecular flexibility index (Phi) is 11.4. The fraction of sp³-hybridized carbons (Fsp3) is 0.257. The molecule has 0 aliphatic rings. The summed E-state index contributed by atoms with van der Waals surface area (Å²) in [5, 5.41) is 3.01. The van der Waals surface area contributed by atoms with Crippen molar-refractivity contribution < 1.29 is 18.0 Å². The third kappa shape index (κ3) is 8.80. The van der Waals surface area contributed by atoms with Crippen molar-refractivity contribution >= 4 is 43.5 Å². The molecule has 0 spiro atoms. The molecule has 4 rings (SSSR count). The molecular weight excluding hydrogens is 638 g/mol. The maximum Gasteiger partial charge on any atom is 0.264 e. The van der Waals surface area contributed by atoms with Crippen molar-refractivity contribution in [1.29, 1.82) is 0 Å². The summed E-state index contributed by atoms with van der Waals surface area (Å²) >= 11 is 3.51. The Bertz CT molecular complexity index is 1650. The molecule has 0 aromatic heterocycles. The Hall–Kier alpha value is -3.95. The molecule has 0 aliphatic carbocycles. The van der Waals surface area contributed by atoms with Crippen LogP contribution < -0.4 is 9.62 Å². The van der Waals surface area contributed by atoms with Gasteiger partial charge in [0, 0.05) is 24.0 Å². The van der Waals surface area contributed by atoms with E-state index in [0.717, 1.165) is 25.5 Å². The van der Waals surface area contributed by atoms with Crippen molar-refractivity contribution in [3.63, 3.8) is 0 Å². The highest BCUT2D eigenvalue weighted by molar-refractivity contribution is 9.10. The largest absolute Gasteiger partial charge is 0.354 e. The van der Waals surface area contributed by atoms with Crippen LogP contribution in [-0.2, 0) is 32.6 Å². The zero-order chi connectivity index (χ0) is 31.7. The molecule has 44 heavy (non-hydrogen) atoms. The number of carbonyl (C=O) groups is 2. The van der Waals surface area contributed by atoms with Crippen LogP contribution in [0.1, 0.15) is 30.5 Å². The Balaban J connectivity index is 1.78. The number of hydrogen-bond donors (Lipinski definition) is 1. The number of halogens is 1. The molecule has 230 valence electrons. The Morgan fingerprint density at radius 1 is 0.818 bits per heavy atom. The van der Waals surface area contributed by atoms with Crippen LogP contribution in [0.4, 0.5) is 5.69 Å². The highest BCUT2D eigenvalue weighted by Crippen LogP contribution is 2.25. The summed E-state index contributed by atoms with van der Waals surface area (Å²) in [6, 6.07) is 31.3. The smallest absolute Gasteiger partial charge is 0.264 e. The van der Waals surface area contributed by atoms with Gasteiger partial charge in [-0.05, 0) is 60.4 Å². The van der Waals surface area contributed by atoms with Crippen molar-refractivity contribution in [2.24, 2.45) is 5.92 Å². The van der Waals surface area contributed by atoms with E-state index in [1.807, 2.05) is 75.4 Å². The summed E-state index contributed by atoms with van der Waals surface area (Å²) in [7, 11) is -4.13. The van der Waals surface area contributed by atoms with Crippen LogP contribution in [-0.4, -0.2) is 44.3 Å². The minimum absolute atomic E-state index is 0.0776. The normalized spacial score (nSPS) is 12.0. The minimum Gasteiger partial charge on any atom is -0.354 e. The number of anilines is 1. The second-order valence-electron chi connectivity index (χ2n) is 11.2. The van der Waals surface area contributed by atoms with Crippen molar-refractivity contribution in [3.05, 3.63) is 130 Å². The molecule has 0 aliphatic heterocycles. The summed E-state index contributed by atoms with van der Waals surface area (Å²) in [5.74, 6) is -0.581. The van der Waals surface area contributed by atoms with Crippen LogP contribution in [0, 0.1) is 12.8 Å². The van der Waals surface area contributed by atoms with Crippen molar-refractivity contribution in [3.8, 4) is 0 Å². The van der Waals surface area contributed by atoms with E-state index in [1.165, 1.54) is 4.90 Å². The Morgan fingerprint density at radius 3 is 2.05 bits per heavy atom. The van der Waals surface area contributed by atoms with Gasteiger partial charge in [-0.2, -0.15) is 0 Å². The lowest BCUT2D eigenvalue weighted by atomic mass is 10.0. The molecule has 7 nitrogen and oxygen atoms in total. The molecule has 0 heterocycles. The summed E-state index contributed by atoms with van der Waals surface area (Å²) in [6.07, 6.45) is 0.264. The van der Waals surface area contributed by atoms with Gasteiger partial charge in [0.25, 0.3) is 10.0 Å². The average molecular weight is 677 g/mol. The number of benzene rings is 4. The number of sulfonamides is 1. The predicted octanol–water partition coefficient (Wildman–Crippen LogP) is 6.37. The molecule has 1 atom stereocenters. The lowest BCUT2D eigenvalue weighted by molar-refractivity contribution is -0.140. The average Bonchev–Trinajstić information content (AvgIpc) is 3.01. The van der Waals surface area contributed by atoms with Gasteiger partial charge in [0.05, 0.1) is 10.6 Å². The SMILES string of the molecule is Cc1ccc(S(=O)(=O)N(CC(=O)N(Cc2cccc(Br)c2)C(Cc2ccccc2)C(=O)NCC(C)C)c2ccccc2)cc1. The first kappa shape index (κ1) is 33.0. The number of nitrogens with one attached hydrogen (secondary N) is 1. The molecule has 1 N–H and O–H groups in total. The first-order valence-corrected chi connectivity index (χ1v) is 16.8. The number of nitrogens with zero attached hydrogens (tertiary/aromatic N) is 2. The Morgan fingerprint density at radius 2 is 1.43 bits per heavy atom. The molecule has 4 aromatic rings. The van der Waals surface area contributed by atoms with E-state index in [-0.39, 0.29) is 29.7 Å². The minimum atomic E-state index is -4.13. The first-order chi connectivity index (χ1) is 21.0. The van der Waals surface area contributed by atoms with Crippen LogP contribution in [0.2, 0.25) is 0 Å². The van der Waals surface area contributed by atoms with E-state index < -0.39 is 28.5 Å². The molecule has 0 radical (unpaired) electrons. The molecule has 2 amide bonds.